The number of carbonyl (C=O) groups excluding carboxylic acids is 3. The number of rotatable bonds is 14. The molecule has 2 aliphatic rings. The molecule has 0 radical (unpaired) electrons. The van der Waals surface area contributed by atoms with Crippen LogP contribution in [-0.4, -0.2) is 78.4 Å². The highest BCUT2D eigenvalue weighted by molar-refractivity contribution is 5.94. The van der Waals surface area contributed by atoms with Crippen molar-refractivity contribution in [3.8, 4) is 11.1 Å². The number of aliphatic carboxylic acids is 1. The van der Waals surface area contributed by atoms with Gasteiger partial charge in [-0.05, 0) is 46.9 Å². The lowest BCUT2D eigenvalue weighted by Gasteiger charge is -2.40. The maximum absolute atomic E-state index is 14.0. The van der Waals surface area contributed by atoms with Crippen LogP contribution in [0.25, 0.3) is 11.1 Å². The number of ether oxygens (including phenoxy) is 2. The maximum Gasteiger partial charge on any atom is 0.408 e. The molecule has 3 amide bonds. The molecule has 10 nitrogen and oxygen atoms in total. The Labute approximate surface area is 272 Å². The predicted molar refractivity (Wildman–Crippen MR) is 175 cm³/mol. The van der Waals surface area contributed by atoms with E-state index in [-0.39, 0.29) is 36.7 Å². The monoisotopic (exact) mass is 635 g/mol. The largest absolute Gasteiger partial charge is 0.481 e. The molecular formula is C36H49N3O7. The van der Waals surface area contributed by atoms with Gasteiger partial charge in [0.15, 0.2) is 0 Å². The van der Waals surface area contributed by atoms with Crippen molar-refractivity contribution in [1.82, 2.24) is 15.5 Å². The van der Waals surface area contributed by atoms with E-state index in [1.165, 1.54) is 12.0 Å². The van der Waals surface area contributed by atoms with Crippen LogP contribution in [0, 0.1) is 11.8 Å². The van der Waals surface area contributed by atoms with Gasteiger partial charge in [0, 0.05) is 20.1 Å². The lowest BCUT2D eigenvalue weighted by molar-refractivity contribution is -0.148. The second-order valence-corrected chi connectivity index (χ2v) is 13.1. The first-order valence-corrected chi connectivity index (χ1v) is 16.4. The maximum atomic E-state index is 14.0. The van der Waals surface area contributed by atoms with Crippen molar-refractivity contribution < 1.29 is 33.8 Å². The van der Waals surface area contributed by atoms with E-state index in [1.807, 2.05) is 52.0 Å². The average molecular weight is 636 g/mol. The summed E-state index contributed by atoms with van der Waals surface area (Å²) in [5.41, 5.74) is 3.25. The first-order valence-electron chi connectivity index (χ1n) is 16.4. The first-order chi connectivity index (χ1) is 21.9. The summed E-state index contributed by atoms with van der Waals surface area (Å²) in [5.74, 6) is -2.22. The topological polar surface area (TPSA) is 134 Å². The summed E-state index contributed by atoms with van der Waals surface area (Å²) >= 11 is 0. The molecule has 1 saturated carbocycles. The van der Waals surface area contributed by atoms with Crippen LogP contribution in [0.1, 0.15) is 83.3 Å². The Kier molecular flexibility index (Phi) is 11.5. The van der Waals surface area contributed by atoms with Crippen molar-refractivity contribution in [1.29, 1.82) is 0 Å². The Morgan fingerprint density at radius 2 is 1.54 bits per heavy atom. The molecule has 4 atom stereocenters. The molecule has 0 bridgehead atoms. The van der Waals surface area contributed by atoms with Gasteiger partial charge in [0.25, 0.3) is 0 Å². The summed E-state index contributed by atoms with van der Waals surface area (Å²) in [6.07, 6.45) is 1.41. The van der Waals surface area contributed by atoms with Crippen molar-refractivity contribution in [2.45, 2.75) is 95.9 Å². The molecule has 4 unspecified atom stereocenters. The zero-order chi connectivity index (χ0) is 33.6. The fourth-order valence-electron chi connectivity index (χ4n) is 7.13. The minimum Gasteiger partial charge on any atom is -0.481 e. The molecular weight excluding hydrogens is 586 g/mol. The van der Waals surface area contributed by atoms with Crippen molar-refractivity contribution >= 4 is 23.9 Å². The van der Waals surface area contributed by atoms with Gasteiger partial charge in [0.1, 0.15) is 18.2 Å². The summed E-state index contributed by atoms with van der Waals surface area (Å²) < 4.78 is 11.3. The van der Waals surface area contributed by atoms with Crippen molar-refractivity contribution in [3.63, 3.8) is 0 Å². The number of alkyl carbamates (subject to hydrolysis) is 1. The van der Waals surface area contributed by atoms with Crippen LogP contribution in [0.4, 0.5) is 4.79 Å². The van der Waals surface area contributed by atoms with Crippen LogP contribution in [0.2, 0.25) is 0 Å². The van der Waals surface area contributed by atoms with Gasteiger partial charge in [-0.3, -0.25) is 14.4 Å². The number of hydrogen-bond donors (Lipinski definition) is 3. The number of carbonyl (C=O) groups is 4. The van der Waals surface area contributed by atoms with Crippen LogP contribution in [0.5, 0.6) is 0 Å². The molecule has 0 aliphatic heterocycles. The van der Waals surface area contributed by atoms with Gasteiger partial charge in [-0.25, -0.2) is 4.79 Å². The molecule has 2 aromatic carbocycles. The van der Waals surface area contributed by atoms with Gasteiger partial charge >= 0.3 is 12.1 Å². The van der Waals surface area contributed by atoms with Gasteiger partial charge in [-0.1, -0.05) is 95.5 Å². The van der Waals surface area contributed by atoms with E-state index in [0.717, 1.165) is 35.1 Å². The molecule has 250 valence electrons. The lowest BCUT2D eigenvalue weighted by Crippen LogP contribution is -2.63. The Hall–Kier alpha value is -3.92. The second-order valence-electron chi connectivity index (χ2n) is 13.1. The van der Waals surface area contributed by atoms with Gasteiger partial charge < -0.3 is 30.1 Å². The van der Waals surface area contributed by atoms with E-state index >= 15 is 0 Å². The lowest BCUT2D eigenvalue weighted by atomic mass is 9.89. The third kappa shape index (κ3) is 7.38. The number of carboxylic acids is 1. The van der Waals surface area contributed by atoms with Crippen LogP contribution < -0.4 is 10.6 Å². The molecule has 2 aliphatic carbocycles. The minimum absolute atomic E-state index is 0.0572. The zero-order valence-electron chi connectivity index (χ0n) is 27.9. The van der Waals surface area contributed by atoms with Crippen molar-refractivity contribution in [2.75, 3.05) is 20.8 Å². The smallest absolute Gasteiger partial charge is 0.408 e. The summed E-state index contributed by atoms with van der Waals surface area (Å²) in [6.45, 7) is 7.76. The number of methoxy groups -OCH3 is 1. The number of hydrogen-bond acceptors (Lipinski definition) is 6. The fraction of sp³-hybridized carbons (Fsp3) is 0.556. The minimum atomic E-state index is -1.21. The van der Waals surface area contributed by atoms with Gasteiger partial charge in [-0.15, -0.1) is 0 Å². The highest BCUT2D eigenvalue weighted by atomic mass is 16.5. The predicted octanol–water partition coefficient (Wildman–Crippen LogP) is 5.34. The molecule has 1 fully saturated rings. The molecule has 10 heteroatoms. The SMILES string of the molecule is CCC(C)C(C(CC(=O)O)OC)N(C)C(=O)C(NC(=O)C1(NC(=O)OCC2c3ccccc3-c3ccccc32)CCCC1)C(C)C. The summed E-state index contributed by atoms with van der Waals surface area (Å²) in [6, 6.07) is 14.8. The number of nitrogens with one attached hydrogen (secondary N) is 2. The highest BCUT2D eigenvalue weighted by Crippen LogP contribution is 2.44. The van der Waals surface area contributed by atoms with E-state index in [1.54, 1.807) is 7.05 Å². The zero-order valence-corrected chi connectivity index (χ0v) is 27.9. The molecule has 3 N–H and O–H groups in total. The van der Waals surface area contributed by atoms with Crippen LogP contribution >= 0.6 is 0 Å². The summed E-state index contributed by atoms with van der Waals surface area (Å²) in [5, 5.41) is 15.3. The van der Waals surface area contributed by atoms with E-state index in [0.29, 0.717) is 19.3 Å². The third-order valence-electron chi connectivity index (χ3n) is 9.88. The van der Waals surface area contributed by atoms with Crippen LogP contribution in [0.3, 0.4) is 0 Å². The second kappa shape index (κ2) is 15.1. The fourth-order valence-corrected chi connectivity index (χ4v) is 7.13. The molecule has 46 heavy (non-hydrogen) atoms. The highest BCUT2D eigenvalue weighted by Gasteiger charge is 2.46. The first kappa shape index (κ1) is 34.9. The van der Waals surface area contributed by atoms with Gasteiger partial charge in [0.2, 0.25) is 11.8 Å². The number of nitrogens with zero attached hydrogens (tertiary/aromatic N) is 1. The molecule has 0 saturated heterocycles. The van der Waals surface area contributed by atoms with Crippen LogP contribution in [-0.2, 0) is 23.9 Å². The number of benzene rings is 2. The molecule has 0 aromatic heterocycles. The number of amides is 3. The number of carboxylic acid groups (broad SMARTS) is 1. The van der Waals surface area contributed by atoms with Gasteiger partial charge in [-0.2, -0.15) is 0 Å². The van der Waals surface area contributed by atoms with Crippen LogP contribution in [0.15, 0.2) is 48.5 Å². The van der Waals surface area contributed by atoms with Crippen molar-refractivity contribution in [2.24, 2.45) is 11.8 Å². The van der Waals surface area contributed by atoms with E-state index in [9.17, 15) is 24.3 Å². The molecule has 2 aromatic rings. The summed E-state index contributed by atoms with van der Waals surface area (Å²) in [4.78, 5) is 54.3. The Morgan fingerprint density at radius 1 is 0.978 bits per heavy atom. The molecule has 0 spiro atoms. The van der Waals surface area contributed by atoms with E-state index in [4.69, 9.17) is 9.47 Å². The normalized spacial score (nSPS) is 17.7. The third-order valence-corrected chi connectivity index (χ3v) is 9.88. The number of fused-ring (bicyclic) bond motifs is 3. The Bertz CT molecular complexity index is 1360. The molecule has 0 heterocycles. The van der Waals surface area contributed by atoms with E-state index in [2.05, 4.69) is 34.9 Å². The van der Waals surface area contributed by atoms with Crippen molar-refractivity contribution in [3.05, 3.63) is 59.7 Å². The quantitative estimate of drug-likeness (QED) is 0.255. The Morgan fingerprint density at radius 3 is 2.04 bits per heavy atom. The Balaban J connectivity index is 1.47. The number of likely N-dealkylation sites (N-methyl/N-ethyl adjacent to an activating group) is 1. The molecule has 4 rings (SSSR count). The summed E-state index contributed by atoms with van der Waals surface area (Å²) in [7, 11) is 3.08. The van der Waals surface area contributed by atoms with Gasteiger partial charge in [0.05, 0.1) is 18.6 Å². The average Bonchev–Trinajstić information content (AvgIpc) is 3.64. The van der Waals surface area contributed by atoms with E-state index < -0.39 is 41.7 Å². The standard InChI is InChI=1S/C36H49N3O7/c1-7-23(4)32(29(45-6)20-30(40)41)39(5)33(42)31(22(2)3)37-34(43)36(18-12-13-19-36)38-35(44)46-21-28-26-16-10-8-14-24(26)25-15-9-11-17-27(25)28/h8-11,14-17,22-23,28-29,31-32H,7,12-13,18-21H2,1-6H3,(H,37,43)(H,38,44)(H,40,41).